The highest BCUT2D eigenvalue weighted by Crippen LogP contribution is 2.27. The van der Waals surface area contributed by atoms with Crippen LogP contribution in [0.5, 0.6) is 5.75 Å². The minimum Gasteiger partial charge on any atom is -0.482 e. The van der Waals surface area contributed by atoms with E-state index in [1.165, 1.54) is 18.2 Å². The van der Waals surface area contributed by atoms with Crippen molar-refractivity contribution in [2.45, 2.75) is 50.8 Å². The van der Waals surface area contributed by atoms with Crippen LogP contribution < -0.4 is 14.8 Å². The summed E-state index contributed by atoms with van der Waals surface area (Å²) in [7, 11) is -3.59. The molecular formula is C17H27ClN2O4S. The highest BCUT2D eigenvalue weighted by Gasteiger charge is 2.16. The Bertz CT molecular complexity index is 650. The number of benzene rings is 1. The van der Waals surface area contributed by atoms with Crippen LogP contribution in [0.1, 0.15) is 46.0 Å². The van der Waals surface area contributed by atoms with Crippen LogP contribution in [0.3, 0.4) is 0 Å². The standard InChI is InChI=1S/C17H27ClN2O4S/c1-3-5-7-10-19-17(21)13-24-16-9-8-14(12-15(16)18)25(22,23)20-11-6-4-2/h8-9,12,20H,3-7,10-11,13H2,1-2H3,(H,19,21). The van der Waals surface area contributed by atoms with Gasteiger partial charge >= 0.3 is 0 Å². The van der Waals surface area contributed by atoms with E-state index in [2.05, 4.69) is 17.0 Å². The van der Waals surface area contributed by atoms with Crippen LogP contribution >= 0.6 is 11.6 Å². The van der Waals surface area contributed by atoms with Crippen LogP contribution in [-0.2, 0) is 14.8 Å². The lowest BCUT2D eigenvalue weighted by Gasteiger charge is -2.11. The maximum Gasteiger partial charge on any atom is 0.257 e. The molecule has 0 aliphatic heterocycles. The number of amides is 1. The van der Waals surface area contributed by atoms with E-state index < -0.39 is 10.0 Å². The third kappa shape index (κ3) is 8.07. The Morgan fingerprint density at radius 1 is 1.12 bits per heavy atom. The highest BCUT2D eigenvalue weighted by atomic mass is 35.5. The number of carbonyl (C=O) groups is 1. The van der Waals surface area contributed by atoms with Gasteiger partial charge in [0.25, 0.3) is 5.91 Å². The molecule has 0 bridgehead atoms. The van der Waals surface area contributed by atoms with E-state index in [4.69, 9.17) is 16.3 Å². The monoisotopic (exact) mass is 390 g/mol. The summed E-state index contributed by atoms with van der Waals surface area (Å²) in [5, 5.41) is 2.91. The lowest BCUT2D eigenvalue weighted by Crippen LogP contribution is -2.29. The Hall–Kier alpha value is -1.31. The number of sulfonamides is 1. The highest BCUT2D eigenvalue weighted by molar-refractivity contribution is 7.89. The van der Waals surface area contributed by atoms with E-state index in [1.54, 1.807) is 0 Å². The number of ether oxygens (including phenoxy) is 1. The van der Waals surface area contributed by atoms with E-state index in [1.807, 2.05) is 6.92 Å². The van der Waals surface area contributed by atoms with E-state index in [9.17, 15) is 13.2 Å². The molecule has 142 valence electrons. The molecule has 0 aromatic heterocycles. The Balaban J connectivity index is 2.56. The van der Waals surface area contributed by atoms with Crippen molar-refractivity contribution in [1.82, 2.24) is 10.0 Å². The van der Waals surface area contributed by atoms with Crippen LogP contribution in [0.4, 0.5) is 0 Å². The normalized spacial score (nSPS) is 11.3. The van der Waals surface area contributed by atoms with Crippen molar-refractivity contribution in [3.05, 3.63) is 23.2 Å². The van der Waals surface area contributed by atoms with Crippen LogP contribution in [0.2, 0.25) is 5.02 Å². The first kappa shape index (κ1) is 21.7. The van der Waals surface area contributed by atoms with Crippen molar-refractivity contribution in [2.24, 2.45) is 0 Å². The van der Waals surface area contributed by atoms with Gasteiger partial charge < -0.3 is 10.1 Å². The van der Waals surface area contributed by atoms with Gasteiger partial charge in [-0.2, -0.15) is 0 Å². The van der Waals surface area contributed by atoms with Crippen LogP contribution in [-0.4, -0.2) is 34.0 Å². The average Bonchev–Trinajstić information content (AvgIpc) is 2.57. The van der Waals surface area contributed by atoms with Gasteiger partial charge in [-0.3, -0.25) is 4.79 Å². The predicted molar refractivity (Wildman–Crippen MR) is 99.6 cm³/mol. The summed E-state index contributed by atoms with van der Waals surface area (Å²) in [5.41, 5.74) is 0. The van der Waals surface area contributed by atoms with E-state index in [-0.39, 0.29) is 28.2 Å². The molecule has 0 aliphatic rings. The summed E-state index contributed by atoms with van der Waals surface area (Å²) in [4.78, 5) is 11.8. The third-order valence-electron chi connectivity index (χ3n) is 3.50. The fourth-order valence-corrected chi connectivity index (χ4v) is 3.43. The molecule has 1 amide bonds. The largest absolute Gasteiger partial charge is 0.482 e. The fourth-order valence-electron chi connectivity index (χ4n) is 2.03. The molecule has 0 fully saturated rings. The third-order valence-corrected chi connectivity index (χ3v) is 5.25. The Kier molecular flexibility index (Phi) is 9.85. The van der Waals surface area contributed by atoms with E-state index in [0.29, 0.717) is 13.1 Å². The quantitative estimate of drug-likeness (QED) is 0.537. The van der Waals surface area contributed by atoms with Gasteiger partial charge in [0.05, 0.1) is 9.92 Å². The zero-order valence-electron chi connectivity index (χ0n) is 14.8. The van der Waals surface area contributed by atoms with E-state index >= 15 is 0 Å². The number of carbonyl (C=O) groups excluding carboxylic acids is 1. The molecule has 0 atom stereocenters. The Morgan fingerprint density at radius 3 is 2.48 bits per heavy atom. The molecule has 0 saturated carbocycles. The average molecular weight is 391 g/mol. The second-order valence-corrected chi connectivity index (χ2v) is 7.86. The maximum absolute atomic E-state index is 12.1. The number of halogens is 1. The van der Waals surface area contributed by atoms with Gasteiger partial charge in [0.1, 0.15) is 5.75 Å². The molecule has 0 saturated heterocycles. The predicted octanol–water partition coefficient (Wildman–Crippen LogP) is 3.10. The lowest BCUT2D eigenvalue weighted by molar-refractivity contribution is -0.123. The van der Waals surface area contributed by atoms with Crippen molar-refractivity contribution >= 4 is 27.5 Å². The van der Waals surface area contributed by atoms with Gasteiger partial charge in [-0.1, -0.05) is 44.7 Å². The minimum absolute atomic E-state index is 0.0740. The molecule has 25 heavy (non-hydrogen) atoms. The van der Waals surface area contributed by atoms with Crippen LogP contribution in [0.15, 0.2) is 23.1 Å². The van der Waals surface area contributed by atoms with Gasteiger partial charge in [-0.05, 0) is 31.0 Å². The molecule has 2 N–H and O–H groups in total. The van der Waals surface area contributed by atoms with Crippen molar-refractivity contribution in [1.29, 1.82) is 0 Å². The number of unbranched alkanes of at least 4 members (excludes halogenated alkanes) is 3. The number of hydrogen-bond donors (Lipinski definition) is 2. The number of nitrogens with one attached hydrogen (secondary N) is 2. The SMILES string of the molecule is CCCCCNC(=O)COc1ccc(S(=O)(=O)NCCCC)cc1Cl. The maximum atomic E-state index is 12.1. The molecule has 1 aromatic carbocycles. The molecule has 0 unspecified atom stereocenters. The fraction of sp³-hybridized carbons (Fsp3) is 0.588. The molecule has 0 heterocycles. The Labute approximate surface area is 155 Å². The smallest absolute Gasteiger partial charge is 0.257 e. The number of hydrogen-bond acceptors (Lipinski definition) is 4. The molecule has 8 heteroatoms. The Morgan fingerprint density at radius 2 is 1.84 bits per heavy atom. The summed E-state index contributed by atoms with van der Waals surface area (Å²) < 4.78 is 32.1. The molecular weight excluding hydrogens is 364 g/mol. The minimum atomic E-state index is -3.59. The van der Waals surface area contributed by atoms with E-state index in [0.717, 1.165) is 32.1 Å². The summed E-state index contributed by atoms with van der Waals surface area (Å²) in [6, 6.07) is 4.19. The van der Waals surface area contributed by atoms with Gasteiger partial charge in [0.2, 0.25) is 10.0 Å². The number of rotatable bonds is 12. The summed E-state index contributed by atoms with van der Waals surface area (Å²) in [6.07, 6.45) is 4.75. The molecule has 0 aliphatic carbocycles. The van der Waals surface area contributed by atoms with Crippen molar-refractivity contribution in [3.8, 4) is 5.75 Å². The zero-order chi connectivity index (χ0) is 18.7. The molecule has 1 rings (SSSR count). The zero-order valence-corrected chi connectivity index (χ0v) is 16.4. The molecule has 0 radical (unpaired) electrons. The van der Waals surface area contributed by atoms with Gasteiger partial charge in [0.15, 0.2) is 6.61 Å². The van der Waals surface area contributed by atoms with Crippen molar-refractivity contribution < 1.29 is 17.9 Å². The summed E-state index contributed by atoms with van der Waals surface area (Å²) in [6.45, 7) is 4.91. The first-order valence-electron chi connectivity index (χ1n) is 8.59. The molecule has 0 spiro atoms. The molecule has 1 aromatic rings. The van der Waals surface area contributed by atoms with Crippen molar-refractivity contribution in [2.75, 3.05) is 19.7 Å². The summed E-state index contributed by atoms with van der Waals surface area (Å²) >= 11 is 6.08. The molecule has 6 nitrogen and oxygen atoms in total. The first-order chi connectivity index (χ1) is 11.9. The van der Waals surface area contributed by atoms with Gasteiger partial charge in [0, 0.05) is 13.1 Å². The second-order valence-electron chi connectivity index (χ2n) is 5.69. The topological polar surface area (TPSA) is 84.5 Å². The second kappa shape index (κ2) is 11.3. The van der Waals surface area contributed by atoms with Gasteiger partial charge in [-0.25, -0.2) is 13.1 Å². The lowest BCUT2D eigenvalue weighted by atomic mass is 10.2. The van der Waals surface area contributed by atoms with Crippen LogP contribution in [0, 0.1) is 0 Å². The van der Waals surface area contributed by atoms with Gasteiger partial charge in [-0.15, -0.1) is 0 Å². The van der Waals surface area contributed by atoms with Crippen molar-refractivity contribution in [3.63, 3.8) is 0 Å². The first-order valence-corrected chi connectivity index (χ1v) is 10.5. The summed E-state index contributed by atoms with van der Waals surface area (Å²) in [5.74, 6) is 0.0444. The van der Waals surface area contributed by atoms with Crippen LogP contribution in [0.25, 0.3) is 0 Å².